The van der Waals surface area contributed by atoms with E-state index >= 15 is 0 Å². The SMILES string of the molecule is CN(C)C(=O)[C@H](Cc1ccccc1)NC(=O)c1cc2cc(Br)ccc2[nH]1. The Labute approximate surface area is 160 Å². The van der Waals surface area contributed by atoms with Crippen molar-refractivity contribution in [2.75, 3.05) is 14.1 Å². The van der Waals surface area contributed by atoms with E-state index in [4.69, 9.17) is 0 Å². The van der Waals surface area contributed by atoms with Crippen molar-refractivity contribution in [1.82, 2.24) is 15.2 Å². The molecule has 134 valence electrons. The first-order valence-electron chi connectivity index (χ1n) is 8.28. The topological polar surface area (TPSA) is 65.2 Å². The fourth-order valence-corrected chi connectivity index (χ4v) is 3.20. The molecule has 0 fully saturated rings. The molecule has 0 aliphatic heterocycles. The number of halogens is 1. The molecule has 5 nitrogen and oxygen atoms in total. The van der Waals surface area contributed by atoms with Gasteiger partial charge in [-0.1, -0.05) is 46.3 Å². The van der Waals surface area contributed by atoms with Gasteiger partial charge in [0.2, 0.25) is 5.91 Å². The summed E-state index contributed by atoms with van der Waals surface area (Å²) >= 11 is 3.43. The standard InChI is InChI=1S/C20H20BrN3O2/c1-24(2)20(26)18(10-13-6-4-3-5-7-13)23-19(25)17-12-14-11-15(21)8-9-16(14)22-17/h3-9,11-12,18,22H,10H2,1-2H3,(H,23,25)/t18-/m0/s1. The van der Waals surface area contributed by atoms with Crippen LogP contribution < -0.4 is 5.32 Å². The highest BCUT2D eigenvalue weighted by molar-refractivity contribution is 9.10. The van der Waals surface area contributed by atoms with E-state index in [1.807, 2.05) is 48.5 Å². The van der Waals surface area contributed by atoms with E-state index in [0.29, 0.717) is 12.1 Å². The highest BCUT2D eigenvalue weighted by atomic mass is 79.9. The number of hydrogen-bond donors (Lipinski definition) is 2. The quantitative estimate of drug-likeness (QED) is 0.673. The smallest absolute Gasteiger partial charge is 0.268 e. The molecule has 3 rings (SSSR count). The number of fused-ring (bicyclic) bond motifs is 1. The maximum atomic E-state index is 12.7. The molecule has 2 aromatic carbocycles. The normalized spacial score (nSPS) is 12.0. The molecule has 2 N–H and O–H groups in total. The lowest BCUT2D eigenvalue weighted by Crippen LogP contribution is -2.47. The Bertz CT molecular complexity index is 935. The van der Waals surface area contributed by atoms with Crippen LogP contribution in [0, 0.1) is 0 Å². The van der Waals surface area contributed by atoms with Crippen molar-refractivity contribution >= 4 is 38.6 Å². The summed E-state index contributed by atoms with van der Waals surface area (Å²) < 4.78 is 0.945. The molecule has 0 radical (unpaired) electrons. The first-order valence-corrected chi connectivity index (χ1v) is 9.07. The number of carbonyl (C=O) groups is 2. The molecule has 0 aliphatic rings. The zero-order chi connectivity index (χ0) is 18.7. The van der Waals surface area contributed by atoms with Crippen molar-refractivity contribution < 1.29 is 9.59 Å². The summed E-state index contributed by atoms with van der Waals surface area (Å²) in [5, 5.41) is 3.80. The monoisotopic (exact) mass is 413 g/mol. The van der Waals surface area contributed by atoms with Crippen molar-refractivity contribution in [3.63, 3.8) is 0 Å². The van der Waals surface area contributed by atoms with E-state index in [1.165, 1.54) is 4.90 Å². The first-order chi connectivity index (χ1) is 12.4. The van der Waals surface area contributed by atoms with Gasteiger partial charge in [0.1, 0.15) is 11.7 Å². The summed E-state index contributed by atoms with van der Waals surface area (Å²) in [5.41, 5.74) is 2.30. The minimum atomic E-state index is -0.627. The largest absolute Gasteiger partial charge is 0.351 e. The third-order valence-electron chi connectivity index (χ3n) is 4.15. The molecule has 0 aliphatic carbocycles. The van der Waals surface area contributed by atoms with Gasteiger partial charge in [-0.15, -0.1) is 0 Å². The number of aromatic nitrogens is 1. The fourth-order valence-electron chi connectivity index (χ4n) is 2.82. The molecule has 0 saturated heterocycles. The molecule has 2 amide bonds. The zero-order valence-electron chi connectivity index (χ0n) is 14.6. The van der Waals surface area contributed by atoms with Crippen molar-refractivity contribution in [3.05, 3.63) is 70.3 Å². The Kier molecular flexibility index (Phi) is 5.42. The third-order valence-corrected chi connectivity index (χ3v) is 4.65. The van der Waals surface area contributed by atoms with Crippen LogP contribution in [0.15, 0.2) is 59.1 Å². The van der Waals surface area contributed by atoms with E-state index in [2.05, 4.69) is 26.2 Å². The van der Waals surface area contributed by atoms with Crippen LogP contribution in [-0.4, -0.2) is 41.8 Å². The van der Waals surface area contributed by atoms with Gasteiger partial charge in [-0.05, 0) is 29.8 Å². The van der Waals surface area contributed by atoms with Crippen LogP contribution in [0.5, 0.6) is 0 Å². The molecule has 1 heterocycles. The molecule has 3 aromatic rings. The van der Waals surface area contributed by atoms with E-state index in [9.17, 15) is 9.59 Å². The first kappa shape index (κ1) is 18.2. The molecular weight excluding hydrogens is 394 g/mol. The van der Waals surface area contributed by atoms with Crippen LogP contribution in [0.4, 0.5) is 0 Å². The molecule has 26 heavy (non-hydrogen) atoms. The molecule has 1 aromatic heterocycles. The lowest BCUT2D eigenvalue weighted by molar-refractivity contribution is -0.130. The summed E-state index contributed by atoms with van der Waals surface area (Å²) in [5.74, 6) is -0.436. The highest BCUT2D eigenvalue weighted by Crippen LogP contribution is 2.20. The average Bonchev–Trinajstić information content (AvgIpc) is 3.04. The third kappa shape index (κ3) is 4.14. The van der Waals surface area contributed by atoms with Crippen LogP contribution in [0.1, 0.15) is 16.1 Å². The van der Waals surface area contributed by atoms with Gasteiger partial charge < -0.3 is 15.2 Å². The molecule has 0 unspecified atom stereocenters. The Balaban J connectivity index is 1.82. The second-order valence-corrected chi connectivity index (χ2v) is 7.28. The van der Waals surface area contributed by atoms with Crippen molar-refractivity contribution in [3.8, 4) is 0 Å². The molecule has 0 saturated carbocycles. The van der Waals surface area contributed by atoms with Crippen molar-refractivity contribution in [1.29, 1.82) is 0 Å². The van der Waals surface area contributed by atoms with Crippen molar-refractivity contribution in [2.45, 2.75) is 12.5 Å². The van der Waals surface area contributed by atoms with E-state index in [1.54, 1.807) is 20.2 Å². The number of amides is 2. The van der Waals surface area contributed by atoms with Gasteiger partial charge >= 0.3 is 0 Å². The van der Waals surface area contributed by atoms with Gasteiger partial charge in [-0.2, -0.15) is 0 Å². The van der Waals surface area contributed by atoms with Crippen molar-refractivity contribution in [2.24, 2.45) is 0 Å². The van der Waals surface area contributed by atoms with Gasteiger partial charge in [-0.3, -0.25) is 9.59 Å². The lowest BCUT2D eigenvalue weighted by atomic mass is 10.0. The van der Waals surface area contributed by atoms with Crippen LogP contribution in [0.3, 0.4) is 0 Å². The predicted octanol–water partition coefficient (Wildman–Crippen LogP) is 3.36. The maximum absolute atomic E-state index is 12.7. The minimum absolute atomic E-state index is 0.138. The second kappa shape index (κ2) is 7.74. The predicted molar refractivity (Wildman–Crippen MR) is 106 cm³/mol. The number of carbonyl (C=O) groups excluding carboxylic acids is 2. The van der Waals surface area contributed by atoms with E-state index < -0.39 is 6.04 Å². The lowest BCUT2D eigenvalue weighted by Gasteiger charge is -2.21. The van der Waals surface area contributed by atoms with E-state index in [-0.39, 0.29) is 11.8 Å². The molecular formula is C20H20BrN3O2. The summed E-state index contributed by atoms with van der Waals surface area (Å²) in [6, 6.07) is 16.6. The zero-order valence-corrected chi connectivity index (χ0v) is 16.2. The Morgan fingerprint density at radius 1 is 1.12 bits per heavy atom. The van der Waals surface area contributed by atoms with Gasteiger partial charge in [0.05, 0.1) is 0 Å². The molecule has 0 spiro atoms. The molecule has 6 heteroatoms. The van der Waals surface area contributed by atoms with E-state index in [0.717, 1.165) is 20.9 Å². The molecule has 1 atom stereocenters. The Hall–Kier alpha value is -2.60. The second-order valence-electron chi connectivity index (χ2n) is 6.36. The fraction of sp³-hybridized carbons (Fsp3) is 0.200. The van der Waals surface area contributed by atoms with Crippen LogP contribution in [0.2, 0.25) is 0 Å². The summed E-state index contributed by atoms with van der Waals surface area (Å²) in [6.45, 7) is 0. The molecule has 0 bridgehead atoms. The average molecular weight is 414 g/mol. The number of likely N-dealkylation sites (N-methyl/N-ethyl adjacent to an activating group) is 1. The van der Waals surface area contributed by atoms with Gasteiger partial charge in [0.15, 0.2) is 0 Å². The summed E-state index contributed by atoms with van der Waals surface area (Å²) in [4.78, 5) is 29.8. The minimum Gasteiger partial charge on any atom is -0.351 e. The summed E-state index contributed by atoms with van der Waals surface area (Å²) in [6.07, 6.45) is 0.440. The maximum Gasteiger partial charge on any atom is 0.268 e. The number of hydrogen-bond acceptors (Lipinski definition) is 2. The highest BCUT2D eigenvalue weighted by Gasteiger charge is 2.24. The van der Waals surface area contributed by atoms with Crippen LogP contribution >= 0.6 is 15.9 Å². The Morgan fingerprint density at radius 3 is 2.54 bits per heavy atom. The van der Waals surface area contributed by atoms with Gasteiger partial charge in [-0.25, -0.2) is 0 Å². The number of nitrogens with zero attached hydrogens (tertiary/aromatic N) is 1. The van der Waals surface area contributed by atoms with Gasteiger partial charge in [0.25, 0.3) is 5.91 Å². The number of aromatic amines is 1. The number of benzene rings is 2. The summed E-state index contributed by atoms with van der Waals surface area (Å²) in [7, 11) is 3.37. The number of rotatable bonds is 5. The number of H-pyrrole nitrogens is 1. The number of nitrogens with one attached hydrogen (secondary N) is 2. The van der Waals surface area contributed by atoms with Crippen LogP contribution in [-0.2, 0) is 11.2 Å². The Morgan fingerprint density at radius 2 is 1.85 bits per heavy atom. The van der Waals surface area contributed by atoms with Gasteiger partial charge in [0, 0.05) is 35.9 Å². The van der Waals surface area contributed by atoms with Crippen LogP contribution in [0.25, 0.3) is 10.9 Å².